The van der Waals surface area contributed by atoms with Crippen LogP contribution in [-0.4, -0.2) is 74.0 Å². The molecule has 0 saturated carbocycles. The van der Waals surface area contributed by atoms with E-state index in [9.17, 15) is 14.0 Å². The number of benzene rings is 2. The number of methoxy groups -OCH3 is 1. The van der Waals surface area contributed by atoms with Gasteiger partial charge in [0.05, 0.1) is 23.9 Å². The van der Waals surface area contributed by atoms with Crippen molar-refractivity contribution in [3.05, 3.63) is 89.5 Å². The van der Waals surface area contributed by atoms with Crippen molar-refractivity contribution < 1.29 is 18.7 Å². The third-order valence-electron chi connectivity index (χ3n) is 6.10. The number of nitrogens with zero attached hydrogens (tertiary/aromatic N) is 6. The van der Waals surface area contributed by atoms with E-state index in [1.54, 1.807) is 31.3 Å². The summed E-state index contributed by atoms with van der Waals surface area (Å²) in [6, 6.07) is 10.1. The van der Waals surface area contributed by atoms with Gasteiger partial charge in [0.1, 0.15) is 42.2 Å². The maximum absolute atomic E-state index is 13.6. The van der Waals surface area contributed by atoms with Gasteiger partial charge in [-0.25, -0.2) is 24.1 Å². The van der Waals surface area contributed by atoms with E-state index in [0.29, 0.717) is 23.5 Å². The smallest absolute Gasteiger partial charge is 0.345 e. The summed E-state index contributed by atoms with van der Waals surface area (Å²) in [5.41, 5.74) is 7.94. The standard InChI is InChI=1S/C27H29FN10O3/c1-16(12-37(2)27(40)38-15-31-13-35-38)36-25-22(24(30)33-14-34-25)23(29)18-6-4-17(5-7-18)11-32-26(39)20-10-19(28)8-9-21(20)41-3/h4-10,13-16,29H,11-12H2,1-3H3,(H,32,39)(H3,30,33,34,36). The lowest BCUT2D eigenvalue weighted by molar-refractivity contribution is 0.0947. The highest BCUT2D eigenvalue weighted by atomic mass is 19.1. The monoisotopic (exact) mass is 560 g/mol. The van der Waals surface area contributed by atoms with E-state index in [4.69, 9.17) is 15.9 Å². The highest BCUT2D eigenvalue weighted by Gasteiger charge is 2.20. The number of carbonyl (C=O) groups excluding carboxylic acids is 2. The number of carbonyl (C=O) groups is 2. The Morgan fingerprint density at radius 1 is 1.17 bits per heavy atom. The fourth-order valence-corrected chi connectivity index (χ4v) is 4.07. The number of halogens is 1. The number of hydrogen-bond donors (Lipinski definition) is 4. The number of nitrogen functional groups attached to an aromatic ring is 1. The molecule has 0 spiro atoms. The van der Waals surface area contributed by atoms with Gasteiger partial charge in [0, 0.05) is 31.7 Å². The zero-order valence-electron chi connectivity index (χ0n) is 22.6. The Morgan fingerprint density at radius 3 is 2.61 bits per heavy atom. The molecule has 0 aliphatic heterocycles. The van der Waals surface area contributed by atoms with Crippen LogP contribution in [0.4, 0.5) is 20.8 Å². The Labute approximate surface area is 235 Å². The Hall–Kier alpha value is -5.40. The summed E-state index contributed by atoms with van der Waals surface area (Å²) in [5.74, 6) is -0.295. The van der Waals surface area contributed by atoms with Crippen LogP contribution < -0.4 is 21.1 Å². The first-order valence-electron chi connectivity index (χ1n) is 12.4. The van der Waals surface area contributed by atoms with E-state index < -0.39 is 11.7 Å². The summed E-state index contributed by atoms with van der Waals surface area (Å²) >= 11 is 0. The average Bonchev–Trinajstić information content (AvgIpc) is 3.50. The molecule has 4 rings (SSSR count). The van der Waals surface area contributed by atoms with Gasteiger partial charge in [0.15, 0.2) is 0 Å². The Morgan fingerprint density at radius 2 is 1.93 bits per heavy atom. The Balaban J connectivity index is 1.42. The van der Waals surface area contributed by atoms with E-state index in [1.165, 1.54) is 43.1 Å². The van der Waals surface area contributed by atoms with E-state index >= 15 is 0 Å². The van der Waals surface area contributed by atoms with Gasteiger partial charge in [-0.2, -0.15) is 9.78 Å². The van der Waals surface area contributed by atoms with Crippen molar-refractivity contribution in [3.63, 3.8) is 0 Å². The molecule has 0 radical (unpaired) electrons. The molecule has 5 N–H and O–H groups in total. The quantitative estimate of drug-likeness (QED) is 0.212. The second kappa shape index (κ2) is 12.6. The first kappa shape index (κ1) is 28.6. The number of likely N-dealkylation sites (N-methyl/N-ethyl adjacent to an activating group) is 1. The van der Waals surface area contributed by atoms with Gasteiger partial charge in [-0.3, -0.25) is 10.2 Å². The molecule has 4 aromatic rings. The number of anilines is 2. The normalized spacial score (nSPS) is 11.4. The summed E-state index contributed by atoms with van der Waals surface area (Å²) in [6.45, 7) is 2.34. The lowest BCUT2D eigenvalue weighted by Gasteiger charge is -2.23. The molecule has 1 atom stereocenters. The third-order valence-corrected chi connectivity index (χ3v) is 6.10. The van der Waals surface area contributed by atoms with Gasteiger partial charge in [0.2, 0.25) is 0 Å². The first-order valence-corrected chi connectivity index (χ1v) is 12.4. The number of nitrogens with one attached hydrogen (secondary N) is 3. The van der Waals surface area contributed by atoms with Gasteiger partial charge in [-0.15, -0.1) is 0 Å². The molecule has 41 heavy (non-hydrogen) atoms. The molecule has 2 heterocycles. The highest BCUT2D eigenvalue weighted by Crippen LogP contribution is 2.23. The zero-order chi connectivity index (χ0) is 29.5. The van der Waals surface area contributed by atoms with Crippen molar-refractivity contribution in [1.29, 1.82) is 5.41 Å². The van der Waals surface area contributed by atoms with E-state index in [1.807, 2.05) is 6.92 Å². The molecule has 2 aromatic heterocycles. The fourth-order valence-electron chi connectivity index (χ4n) is 4.07. The fraction of sp³-hybridized carbons (Fsp3) is 0.222. The van der Waals surface area contributed by atoms with Crippen molar-refractivity contribution in [1.82, 2.24) is 34.9 Å². The summed E-state index contributed by atoms with van der Waals surface area (Å²) in [7, 11) is 3.04. The van der Waals surface area contributed by atoms with Crippen LogP contribution in [0.5, 0.6) is 5.75 Å². The van der Waals surface area contributed by atoms with Crippen LogP contribution in [-0.2, 0) is 6.54 Å². The van der Waals surface area contributed by atoms with Crippen LogP contribution in [0.1, 0.15) is 34.0 Å². The molecule has 0 bridgehead atoms. The van der Waals surface area contributed by atoms with Gasteiger partial charge < -0.3 is 26.0 Å². The predicted molar refractivity (Wildman–Crippen MR) is 149 cm³/mol. The topological polar surface area (TPSA) is 177 Å². The molecule has 0 fully saturated rings. The number of ether oxygens (including phenoxy) is 1. The van der Waals surface area contributed by atoms with E-state index in [0.717, 1.165) is 16.3 Å². The SMILES string of the molecule is COc1ccc(F)cc1C(=O)NCc1ccc(C(=N)c2c(N)ncnc2NC(C)CN(C)C(=O)n2cncn2)cc1. The number of amides is 2. The largest absolute Gasteiger partial charge is 0.496 e. The van der Waals surface area contributed by atoms with Crippen molar-refractivity contribution in [3.8, 4) is 5.75 Å². The molecule has 13 nitrogen and oxygen atoms in total. The van der Waals surface area contributed by atoms with E-state index in [-0.39, 0.29) is 41.5 Å². The van der Waals surface area contributed by atoms with E-state index in [2.05, 4.69) is 30.7 Å². The molecule has 1 unspecified atom stereocenters. The summed E-state index contributed by atoms with van der Waals surface area (Å²) in [5, 5.41) is 18.6. The first-order chi connectivity index (χ1) is 19.7. The van der Waals surface area contributed by atoms with Gasteiger partial charge in [-0.1, -0.05) is 24.3 Å². The number of nitrogens with two attached hydrogens (primary N) is 1. The Kier molecular flexibility index (Phi) is 8.82. The molecule has 0 aliphatic carbocycles. The third kappa shape index (κ3) is 6.79. The predicted octanol–water partition coefficient (Wildman–Crippen LogP) is 2.54. The molecule has 0 saturated heterocycles. The number of rotatable bonds is 10. The molecule has 14 heteroatoms. The van der Waals surface area contributed by atoms with Crippen LogP contribution >= 0.6 is 0 Å². The zero-order valence-corrected chi connectivity index (χ0v) is 22.6. The van der Waals surface area contributed by atoms with Crippen LogP contribution in [0.15, 0.2) is 61.4 Å². The molecule has 2 aromatic carbocycles. The number of hydrogen-bond acceptors (Lipinski definition) is 10. The Bertz CT molecular complexity index is 1540. The van der Waals surface area contributed by atoms with Crippen molar-refractivity contribution in [2.45, 2.75) is 19.5 Å². The summed E-state index contributed by atoms with van der Waals surface area (Å²) < 4.78 is 19.9. The molecular formula is C27H29FN10O3. The molecule has 212 valence electrons. The van der Waals surface area contributed by atoms with Crippen LogP contribution in [0, 0.1) is 11.2 Å². The molecular weight excluding hydrogens is 531 g/mol. The minimum Gasteiger partial charge on any atom is -0.496 e. The second-order valence-corrected chi connectivity index (χ2v) is 9.13. The molecule has 0 aliphatic rings. The van der Waals surface area contributed by atoms with Crippen molar-refractivity contribution in [2.75, 3.05) is 31.8 Å². The summed E-state index contributed by atoms with van der Waals surface area (Å²) in [4.78, 5) is 38.6. The van der Waals surface area contributed by atoms with Crippen molar-refractivity contribution in [2.24, 2.45) is 0 Å². The van der Waals surface area contributed by atoms with Crippen LogP contribution in [0.25, 0.3) is 0 Å². The van der Waals surface area contributed by atoms with Crippen molar-refractivity contribution >= 4 is 29.3 Å². The maximum Gasteiger partial charge on any atom is 0.345 e. The molecule has 2 amide bonds. The number of aromatic nitrogens is 5. The summed E-state index contributed by atoms with van der Waals surface area (Å²) in [6.07, 6.45) is 3.90. The van der Waals surface area contributed by atoms with Gasteiger partial charge >= 0.3 is 6.03 Å². The highest BCUT2D eigenvalue weighted by molar-refractivity contribution is 6.16. The lowest BCUT2D eigenvalue weighted by atomic mass is 10.0. The van der Waals surface area contributed by atoms with Gasteiger partial charge in [-0.05, 0) is 30.7 Å². The van der Waals surface area contributed by atoms with Crippen LogP contribution in [0.2, 0.25) is 0 Å². The minimum absolute atomic E-state index is 0.0879. The maximum atomic E-state index is 13.6. The van der Waals surface area contributed by atoms with Crippen LogP contribution in [0.3, 0.4) is 0 Å². The average molecular weight is 561 g/mol. The van der Waals surface area contributed by atoms with Gasteiger partial charge in [0.25, 0.3) is 5.91 Å². The second-order valence-electron chi connectivity index (χ2n) is 9.13. The minimum atomic E-state index is -0.543. The lowest BCUT2D eigenvalue weighted by Crippen LogP contribution is -2.39.